The highest BCUT2D eigenvalue weighted by molar-refractivity contribution is 7.91. The van der Waals surface area contributed by atoms with E-state index in [-0.39, 0.29) is 16.4 Å². The number of hydrogen-bond donors (Lipinski definition) is 3. The minimum atomic E-state index is -3.82. The van der Waals surface area contributed by atoms with Gasteiger partial charge in [0.05, 0.1) is 9.95 Å². The van der Waals surface area contributed by atoms with Gasteiger partial charge in [-0.15, -0.1) is 11.3 Å². The van der Waals surface area contributed by atoms with Crippen molar-refractivity contribution in [3.63, 3.8) is 0 Å². The van der Waals surface area contributed by atoms with E-state index in [2.05, 4.69) is 15.4 Å². The van der Waals surface area contributed by atoms with E-state index in [1.807, 2.05) is 0 Å². The number of para-hydroxylation sites is 1. The summed E-state index contributed by atoms with van der Waals surface area (Å²) >= 11 is 18.6. The Kier molecular flexibility index (Phi) is 9.95. The average molecular weight is 638 g/mol. The molecule has 0 saturated carbocycles. The van der Waals surface area contributed by atoms with E-state index < -0.39 is 14.9 Å². The standard InChI is InChI=1S/C26H22Cl2N4O5S3/c27-17-6-11-24(22(28)16-17)37-23-5-2-1-4-20(23)21-12-15-39-25(21)40(35,36)30-14-3-13-29-26(38)31-18-7-9-19(10-8-18)32(33)34/h1-2,4-12,15-16,30H,3,13-14H2,(H2,29,31,38). The smallest absolute Gasteiger partial charge is 0.269 e. The molecule has 0 amide bonds. The molecular formula is C26H22Cl2N4O5S3. The zero-order valence-electron chi connectivity index (χ0n) is 20.6. The summed E-state index contributed by atoms with van der Waals surface area (Å²) in [4.78, 5) is 10.3. The minimum absolute atomic E-state index is 0.0208. The fourth-order valence-electron chi connectivity index (χ4n) is 3.56. The molecule has 0 radical (unpaired) electrons. The molecule has 0 aliphatic carbocycles. The number of anilines is 1. The minimum Gasteiger partial charge on any atom is -0.455 e. The molecule has 208 valence electrons. The summed E-state index contributed by atoms with van der Waals surface area (Å²) in [5, 5.41) is 19.5. The molecule has 0 atom stereocenters. The Bertz CT molecular complexity index is 1630. The number of nitrogens with one attached hydrogen (secondary N) is 3. The van der Waals surface area contributed by atoms with E-state index in [4.69, 9.17) is 40.2 Å². The Hall–Kier alpha value is -3.26. The van der Waals surface area contributed by atoms with Crippen molar-refractivity contribution in [3.05, 3.63) is 98.3 Å². The third kappa shape index (κ3) is 7.68. The number of sulfonamides is 1. The van der Waals surface area contributed by atoms with Gasteiger partial charge >= 0.3 is 0 Å². The Morgan fingerprint density at radius 2 is 1.73 bits per heavy atom. The molecule has 1 aromatic heterocycles. The second-order valence-electron chi connectivity index (χ2n) is 8.23. The van der Waals surface area contributed by atoms with Crippen molar-refractivity contribution in [2.45, 2.75) is 10.6 Å². The van der Waals surface area contributed by atoms with Crippen molar-refractivity contribution < 1.29 is 18.1 Å². The zero-order valence-corrected chi connectivity index (χ0v) is 24.6. The van der Waals surface area contributed by atoms with Crippen molar-refractivity contribution >= 4 is 73.3 Å². The molecular weight excluding hydrogens is 615 g/mol. The van der Waals surface area contributed by atoms with Crippen LogP contribution in [0.1, 0.15) is 6.42 Å². The van der Waals surface area contributed by atoms with Crippen LogP contribution in [-0.2, 0) is 10.0 Å². The van der Waals surface area contributed by atoms with E-state index in [1.54, 1.807) is 66.0 Å². The molecule has 9 nitrogen and oxygen atoms in total. The molecule has 40 heavy (non-hydrogen) atoms. The fourth-order valence-corrected chi connectivity index (χ4v) is 6.72. The molecule has 1 heterocycles. The Balaban J connectivity index is 1.34. The first-order valence-corrected chi connectivity index (χ1v) is 15.3. The summed E-state index contributed by atoms with van der Waals surface area (Å²) in [7, 11) is -3.82. The number of benzene rings is 3. The van der Waals surface area contributed by atoms with E-state index in [0.29, 0.717) is 56.4 Å². The van der Waals surface area contributed by atoms with Crippen LogP contribution >= 0.6 is 46.8 Å². The van der Waals surface area contributed by atoms with E-state index in [1.165, 1.54) is 12.1 Å². The molecule has 0 spiro atoms. The number of nitro benzene ring substituents is 1. The largest absolute Gasteiger partial charge is 0.455 e. The second-order valence-corrected chi connectivity index (χ2v) is 12.4. The van der Waals surface area contributed by atoms with Gasteiger partial charge in [-0.2, -0.15) is 0 Å². The predicted molar refractivity (Wildman–Crippen MR) is 163 cm³/mol. The Labute approximate surface area is 250 Å². The highest BCUT2D eigenvalue weighted by atomic mass is 35.5. The second kappa shape index (κ2) is 13.4. The van der Waals surface area contributed by atoms with Gasteiger partial charge in [-0.05, 0) is 66.5 Å². The summed E-state index contributed by atoms with van der Waals surface area (Å²) in [6.07, 6.45) is 0.455. The first kappa shape index (κ1) is 29.7. The number of thiophene rings is 1. The van der Waals surface area contributed by atoms with E-state index in [0.717, 1.165) is 11.3 Å². The lowest BCUT2D eigenvalue weighted by Crippen LogP contribution is -2.32. The number of nitrogens with zero attached hydrogens (tertiary/aromatic N) is 1. The lowest BCUT2D eigenvalue weighted by molar-refractivity contribution is -0.384. The van der Waals surface area contributed by atoms with Crippen molar-refractivity contribution in [2.75, 3.05) is 18.4 Å². The summed E-state index contributed by atoms with van der Waals surface area (Å²) in [5.74, 6) is 0.838. The summed E-state index contributed by atoms with van der Waals surface area (Å²) in [6.45, 7) is 0.572. The van der Waals surface area contributed by atoms with Gasteiger partial charge in [0, 0.05) is 47.1 Å². The molecule has 0 unspecified atom stereocenters. The third-order valence-electron chi connectivity index (χ3n) is 5.43. The number of hydrogen-bond acceptors (Lipinski definition) is 7. The lowest BCUT2D eigenvalue weighted by atomic mass is 10.1. The lowest BCUT2D eigenvalue weighted by Gasteiger charge is -2.14. The molecule has 4 rings (SSSR count). The van der Waals surface area contributed by atoms with Gasteiger partial charge in [0.25, 0.3) is 15.7 Å². The van der Waals surface area contributed by atoms with Gasteiger partial charge in [0.15, 0.2) is 5.11 Å². The van der Waals surface area contributed by atoms with Crippen LogP contribution in [0.2, 0.25) is 10.0 Å². The average Bonchev–Trinajstić information content (AvgIpc) is 3.42. The number of ether oxygens (including phenoxy) is 1. The van der Waals surface area contributed by atoms with Gasteiger partial charge in [0.2, 0.25) is 0 Å². The van der Waals surface area contributed by atoms with Gasteiger partial charge in [-0.1, -0.05) is 41.4 Å². The van der Waals surface area contributed by atoms with Crippen molar-refractivity contribution in [2.24, 2.45) is 0 Å². The third-order valence-corrected chi connectivity index (χ3v) is 9.15. The maximum atomic E-state index is 13.2. The topological polar surface area (TPSA) is 123 Å². The van der Waals surface area contributed by atoms with Crippen LogP contribution in [0.15, 0.2) is 82.4 Å². The molecule has 0 bridgehead atoms. The van der Waals surface area contributed by atoms with Crippen molar-refractivity contribution in [3.8, 4) is 22.6 Å². The zero-order chi connectivity index (χ0) is 28.7. The summed E-state index contributed by atoms with van der Waals surface area (Å²) in [5.41, 5.74) is 1.67. The van der Waals surface area contributed by atoms with Gasteiger partial charge in [0.1, 0.15) is 15.7 Å². The van der Waals surface area contributed by atoms with Crippen LogP contribution in [0.3, 0.4) is 0 Å². The summed E-state index contributed by atoms with van der Waals surface area (Å²) in [6, 6.07) is 19.5. The highest BCUT2D eigenvalue weighted by Crippen LogP contribution is 2.40. The number of nitro groups is 1. The number of halogens is 2. The van der Waals surface area contributed by atoms with Crippen molar-refractivity contribution in [1.29, 1.82) is 0 Å². The molecule has 0 aliphatic rings. The van der Waals surface area contributed by atoms with Crippen LogP contribution in [0.25, 0.3) is 11.1 Å². The Morgan fingerprint density at radius 1 is 0.975 bits per heavy atom. The molecule has 3 N–H and O–H groups in total. The van der Waals surface area contributed by atoms with Gasteiger partial charge in [-0.25, -0.2) is 13.1 Å². The molecule has 14 heteroatoms. The maximum Gasteiger partial charge on any atom is 0.269 e. The van der Waals surface area contributed by atoms with Crippen LogP contribution in [0.5, 0.6) is 11.5 Å². The normalized spacial score (nSPS) is 11.2. The predicted octanol–water partition coefficient (Wildman–Crippen LogP) is 7.08. The molecule has 3 aromatic carbocycles. The molecule has 4 aromatic rings. The molecule has 0 aliphatic heterocycles. The number of thiocarbonyl (C=S) groups is 1. The van der Waals surface area contributed by atoms with Crippen LogP contribution in [0, 0.1) is 10.1 Å². The monoisotopic (exact) mass is 636 g/mol. The number of non-ortho nitro benzene ring substituents is 1. The fraction of sp³-hybridized carbons (Fsp3) is 0.115. The Morgan fingerprint density at radius 3 is 2.45 bits per heavy atom. The first-order chi connectivity index (χ1) is 19.1. The van der Waals surface area contributed by atoms with E-state index >= 15 is 0 Å². The molecule has 0 fully saturated rings. The van der Waals surface area contributed by atoms with Crippen LogP contribution < -0.4 is 20.1 Å². The van der Waals surface area contributed by atoms with Gasteiger partial charge in [-0.3, -0.25) is 10.1 Å². The highest BCUT2D eigenvalue weighted by Gasteiger charge is 2.23. The molecule has 0 saturated heterocycles. The van der Waals surface area contributed by atoms with Crippen LogP contribution in [0.4, 0.5) is 11.4 Å². The van der Waals surface area contributed by atoms with E-state index in [9.17, 15) is 18.5 Å². The number of rotatable bonds is 11. The van der Waals surface area contributed by atoms with Gasteiger partial charge < -0.3 is 15.4 Å². The summed E-state index contributed by atoms with van der Waals surface area (Å²) < 4.78 is 35.2. The van der Waals surface area contributed by atoms with Crippen LogP contribution in [-0.4, -0.2) is 31.5 Å². The SMILES string of the molecule is O=[N+]([O-])c1ccc(NC(=S)NCCCNS(=O)(=O)c2sccc2-c2ccccc2Oc2ccc(Cl)cc2Cl)cc1. The quantitative estimate of drug-likeness (QED) is 0.0691. The van der Waals surface area contributed by atoms with Crippen molar-refractivity contribution in [1.82, 2.24) is 10.0 Å². The maximum absolute atomic E-state index is 13.2. The first-order valence-electron chi connectivity index (χ1n) is 11.7.